The van der Waals surface area contributed by atoms with Gasteiger partial charge in [-0.05, 0) is 40.5 Å². The molecular formula is C8H7BrN2. The van der Waals surface area contributed by atoms with Gasteiger partial charge in [0, 0.05) is 10.7 Å². The van der Waals surface area contributed by atoms with E-state index in [-0.39, 0.29) is 0 Å². The van der Waals surface area contributed by atoms with Gasteiger partial charge in [0.05, 0.1) is 11.7 Å². The van der Waals surface area contributed by atoms with E-state index in [1.54, 1.807) is 0 Å². The molecule has 0 aromatic carbocycles. The third kappa shape index (κ3) is 0.959. The minimum atomic E-state index is 1.09. The molecule has 0 amide bonds. The number of halogens is 1. The van der Waals surface area contributed by atoms with Crippen molar-refractivity contribution in [3.8, 4) is 0 Å². The maximum Gasteiger partial charge on any atom is 0.0832 e. The molecule has 0 atom stereocenters. The Labute approximate surface area is 73.0 Å². The molecule has 2 heterocycles. The van der Waals surface area contributed by atoms with Gasteiger partial charge in [-0.15, -0.1) is 0 Å². The molecule has 0 aliphatic rings. The lowest BCUT2D eigenvalue weighted by atomic mass is 10.3. The molecule has 0 saturated heterocycles. The van der Waals surface area contributed by atoms with Crippen LogP contribution in [0.25, 0.3) is 5.52 Å². The molecule has 0 saturated carbocycles. The Morgan fingerprint density at radius 1 is 1.55 bits per heavy atom. The summed E-state index contributed by atoms with van der Waals surface area (Å²) in [4.78, 5) is 0. The van der Waals surface area contributed by atoms with Crippen LogP contribution in [0, 0.1) is 6.92 Å². The molecule has 56 valence electrons. The van der Waals surface area contributed by atoms with E-state index in [9.17, 15) is 0 Å². The molecule has 11 heavy (non-hydrogen) atoms. The molecule has 2 nitrogen and oxygen atoms in total. The average molecular weight is 211 g/mol. The summed E-state index contributed by atoms with van der Waals surface area (Å²) in [5.74, 6) is 0. The topological polar surface area (TPSA) is 17.3 Å². The van der Waals surface area contributed by atoms with Crippen molar-refractivity contribution in [3.63, 3.8) is 0 Å². The summed E-state index contributed by atoms with van der Waals surface area (Å²) < 4.78 is 2.95. The minimum Gasteiger partial charge on any atom is -0.240 e. The third-order valence-electron chi connectivity index (χ3n) is 1.67. The molecule has 0 aliphatic heterocycles. The Morgan fingerprint density at radius 3 is 3.09 bits per heavy atom. The highest BCUT2D eigenvalue weighted by Gasteiger charge is 2.01. The molecule has 0 unspecified atom stereocenters. The summed E-state index contributed by atoms with van der Waals surface area (Å²) in [6, 6.07) is 3.98. The van der Waals surface area contributed by atoms with Crippen LogP contribution in [0.1, 0.15) is 5.56 Å². The zero-order valence-electron chi connectivity index (χ0n) is 6.08. The monoisotopic (exact) mass is 210 g/mol. The van der Waals surface area contributed by atoms with Crippen molar-refractivity contribution in [1.82, 2.24) is 9.61 Å². The summed E-state index contributed by atoms with van der Waals surface area (Å²) in [6.45, 7) is 2.05. The minimum absolute atomic E-state index is 1.09. The largest absolute Gasteiger partial charge is 0.240 e. The van der Waals surface area contributed by atoms with Crippen molar-refractivity contribution in [2.24, 2.45) is 0 Å². The van der Waals surface area contributed by atoms with E-state index in [0.717, 1.165) is 9.99 Å². The van der Waals surface area contributed by atoms with Crippen LogP contribution in [-0.2, 0) is 0 Å². The third-order valence-corrected chi connectivity index (χ3v) is 2.31. The number of fused-ring (bicyclic) bond motifs is 1. The van der Waals surface area contributed by atoms with E-state index >= 15 is 0 Å². The lowest BCUT2D eigenvalue weighted by Crippen LogP contribution is -1.85. The van der Waals surface area contributed by atoms with Crippen molar-refractivity contribution < 1.29 is 0 Å². The van der Waals surface area contributed by atoms with Crippen molar-refractivity contribution in [1.29, 1.82) is 0 Å². The Bertz CT molecular complexity index is 392. The van der Waals surface area contributed by atoms with Gasteiger partial charge >= 0.3 is 0 Å². The molecule has 0 aliphatic carbocycles. The van der Waals surface area contributed by atoms with E-state index in [1.165, 1.54) is 5.56 Å². The van der Waals surface area contributed by atoms with Crippen LogP contribution in [0.3, 0.4) is 0 Å². The molecule has 2 aromatic heterocycles. The number of pyridine rings is 1. The SMILES string of the molecule is Cc1cnn2cccc(Br)c12. The zero-order chi connectivity index (χ0) is 7.84. The van der Waals surface area contributed by atoms with Gasteiger partial charge in [-0.2, -0.15) is 5.10 Å². The first-order valence-corrected chi connectivity index (χ1v) is 4.17. The van der Waals surface area contributed by atoms with Crippen molar-refractivity contribution in [2.45, 2.75) is 6.92 Å². The van der Waals surface area contributed by atoms with E-state index in [4.69, 9.17) is 0 Å². The van der Waals surface area contributed by atoms with Gasteiger partial charge in [-0.3, -0.25) is 0 Å². The second-order valence-electron chi connectivity index (χ2n) is 2.48. The number of aryl methyl sites for hydroxylation is 1. The Balaban J connectivity index is 2.96. The molecule has 0 bridgehead atoms. The summed E-state index contributed by atoms with van der Waals surface area (Å²) in [6.07, 6.45) is 3.80. The fourth-order valence-corrected chi connectivity index (χ4v) is 1.79. The van der Waals surface area contributed by atoms with Gasteiger partial charge in [0.15, 0.2) is 0 Å². The predicted molar refractivity (Wildman–Crippen MR) is 47.6 cm³/mol. The molecule has 0 spiro atoms. The van der Waals surface area contributed by atoms with Crippen LogP contribution in [0.15, 0.2) is 29.0 Å². The Hall–Kier alpha value is -0.830. The highest BCUT2D eigenvalue weighted by atomic mass is 79.9. The Morgan fingerprint density at radius 2 is 2.36 bits per heavy atom. The lowest BCUT2D eigenvalue weighted by Gasteiger charge is -1.95. The van der Waals surface area contributed by atoms with Crippen molar-refractivity contribution >= 4 is 21.4 Å². The van der Waals surface area contributed by atoms with Crippen molar-refractivity contribution in [2.75, 3.05) is 0 Å². The molecule has 2 rings (SSSR count). The number of aromatic nitrogens is 2. The molecule has 0 N–H and O–H groups in total. The summed E-state index contributed by atoms with van der Waals surface area (Å²) >= 11 is 3.47. The van der Waals surface area contributed by atoms with Crippen LogP contribution in [-0.4, -0.2) is 9.61 Å². The number of nitrogens with zero attached hydrogens (tertiary/aromatic N) is 2. The smallest absolute Gasteiger partial charge is 0.0832 e. The standard InChI is InChI=1S/C8H7BrN2/c1-6-5-10-11-4-2-3-7(9)8(6)11/h2-5H,1H3. The first kappa shape index (κ1) is 6.85. The van der Waals surface area contributed by atoms with E-state index in [0.29, 0.717) is 0 Å². The van der Waals surface area contributed by atoms with Gasteiger partial charge in [-0.25, -0.2) is 4.52 Å². The van der Waals surface area contributed by atoms with E-state index in [2.05, 4.69) is 21.0 Å². The van der Waals surface area contributed by atoms with Crippen LogP contribution in [0.5, 0.6) is 0 Å². The van der Waals surface area contributed by atoms with Gasteiger partial charge in [0.25, 0.3) is 0 Å². The fourth-order valence-electron chi connectivity index (χ4n) is 1.15. The quantitative estimate of drug-likeness (QED) is 0.653. The van der Waals surface area contributed by atoms with Gasteiger partial charge in [-0.1, -0.05) is 0 Å². The lowest BCUT2D eigenvalue weighted by molar-refractivity contribution is 0.958. The molecular weight excluding hydrogens is 204 g/mol. The Kier molecular flexibility index (Phi) is 1.46. The fraction of sp³-hybridized carbons (Fsp3) is 0.125. The second-order valence-corrected chi connectivity index (χ2v) is 3.33. The molecule has 0 radical (unpaired) electrons. The van der Waals surface area contributed by atoms with Crippen LogP contribution in [0.4, 0.5) is 0 Å². The maximum absolute atomic E-state index is 4.17. The molecule has 2 aromatic rings. The highest BCUT2D eigenvalue weighted by molar-refractivity contribution is 9.10. The summed E-state index contributed by atoms with van der Waals surface area (Å²) in [7, 11) is 0. The van der Waals surface area contributed by atoms with Gasteiger partial charge in [0.2, 0.25) is 0 Å². The van der Waals surface area contributed by atoms with Gasteiger partial charge < -0.3 is 0 Å². The molecule has 0 fully saturated rings. The summed E-state index contributed by atoms with van der Waals surface area (Å²) in [5.41, 5.74) is 2.34. The van der Waals surface area contributed by atoms with Crippen LogP contribution < -0.4 is 0 Å². The normalized spacial score (nSPS) is 10.7. The van der Waals surface area contributed by atoms with Gasteiger partial charge in [0.1, 0.15) is 0 Å². The maximum atomic E-state index is 4.17. The van der Waals surface area contributed by atoms with E-state index in [1.807, 2.05) is 36.0 Å². The summed E-state index contributed by atoms with van der Waals surface area (Å²) in [5, 5.41) is 4.17. The van der Waals surface area contributed by atoms with E-state index < -0.39 is 0 Å². The number of rotatable bonds is 0. The van der Waals surface area contributed by atoms with Crippen molar-refractivity contribution in [3.05, 3.63) is 34.6 Å². The zero-order valence-corrected chi connectivity index (χ0v) is 7.67. The number of hydrogen-bond donors (Lipinski definition) is 0. The van der Waals surface area contributed by atoms with Crippen LogP contribution >= 0.6 is 15.9 Å². The highest BCUT2D eigenvalue weighted by Crippen LogP contribution is 2.19. The predicted octanol–water partition coefficient (Wildman–Crippen LogP) is 2.41. The number of hydrogen-bond acceptors (Lipinski definition) is 1. The first-order chi connectivity index (χ1) is 5.29. The van der Waals surface area contributed by atoms with Crippen LogP contribution in [0.2, 0.25) is 0 Å². The first-order valence-electron chi connectivity index (χ1n) is 3.37. The average Bonchev–Trinajstić information content (AvgIpc) is 2.34. The molecule has 3 heteroatoms. The second kappa shape index (κ2) is 2.34.